The van der Waals surface area contributed by atoms with Gasteiger partial charge in [-0.1, -0.05) is 40.2 Å². The maximum atomic E-state index is 12.5. The summed E-state index contributed by atoms with van der Waals surface area (Å²) in [6.07, 6.45) is 0. The van der Waals surface area contributed by atoms with Gasteiger partial charge in [0.1, 0.15) is 5.37 Å². The van der Waals surface area contributed by atoms with E-state index in [1.165, 1.54) is 0 Å². The third-order valence-corrected chi connectivity index (χ3v) is 6.45. The molecule has 6 heteroatoms. The topological polar surface area (TPSA) is 49.4 Å². The molecule has 0 radical (unpaired) electrons. The molecule has 0 bridgehead atoms. The van der Waals surface area contributed by atoms with Crippen LogP contribution in [0.4, 0.5) is 11.4 Å². The van der Waals surface area contributed by atoms with Crippen LogP contribution >= 0.6 is 27.7 Å². The molecular formula is C23H19BrN2O2S. The van der Waals surface area contributed by atoms with Gasteiger partial charge in [0.2, 0.25) is 5.91 Å². The summed E-state index contributed by atoms with van der Waals surface area (Å²) in [5.74, 6) is 0.413. The van der Waals surface area contributed by atoms with Crippen molar-refractivity contribution in [3.63, 3.8) is 0 Å². The van der Waals surface area contributed by atoms with E-state index in [1.807, 2.05) is 72.5 Å². The van der Waals surface area contributed by atoms with Gasteiger partial charge in [-0.05, 0) is 66.6 Å². The van der Waals surface area contributed by atoms with E-state index in [0.717, 1.165) is 27.0 Å². The first-order valence-electron chi connectivity index (χ1n) is 9.18. The van der Waals surface area contributed by atoms with Crippen LogP contribution in [0.2, 0.25) is 0 Å². The number of carbonyl (C=O) groups excluding carboxylic acids is 2. The van der Waals surface area contributed by atoms with Crippen LogP contribution in [0.3, 0.4) is 0 Å². The smallest absolute Gasteiger partial charge is 0.255 e. The molecule has 1 aliphatic rings. The Kier molecular flexibility index (Phi) is 5.74. The SMILES string of the molecule is Cc1cccc(N2C(=O)CS[C@@H]2c2ccc(NC(=O)c3ccc(Br)cc3)cc2)c1. The van der Waals surface area contributed by atoms with Crippen LogP contribution in [0.25, 0.3) is 0 Å². The van der Waals surface area contributed by atoms with Crippen molar-refractivity contribution in [3.05, 3.63) is 94.0 Å². The molecule has 1 N–H and O–H groups in total. The van der Waals surface area contributed by atoms with Gasteiger partial charge in [0.05, 0.1) is 5.75 Å². The Morgan fingerprint density at radius 1 is 1.07 bits per heavy atom. The lowest BCUT2D eigenvalue weighted by atomic mass is 10.1. The molecule has 1 atom stereocenters. The first kappa shape index (κ1) is 19.7. The van der Waals surface area contributed by atoms with E-state index in [1.54, 1.807) is 23.9 Å². The van der Waals surface area contributed by atoms with E-state index >= 15 is 0 Å². The molecule has 29 heavy (non-hydrogen) atoms. The van der Waals surface area contributed by atoms with Gasteiger partial charge in [-0.2, -0.15) is 0 Å². The Labute approximate surface area is 182 Å². The van der Waals surface area contributed by atoms with Crippen molar-refractivity contribution in [1.29, 1.82) is 0 Å². The molecule has 0 spiro atoms. The number of benzene rings is 3. The zero-order valence-corrected chi connectivity index (χ0v) is 18.2. The lowest BCUT2D eigenvalue weighted by Crippen LogP contribution is -2.27. The minimum absolute atomic E-state index is 0.0690. The minimum atomic E-state index is -0.156. The van der Waals surface area contributed by atoms with Gasteiger partial charge in [-0.15, -0.1) is 11.8 Å². The summed E-state index contributed by atoms with van der Waals surface area (Å²) in [5, 5.41) is 2.84. The Morgan fingerprint density at radius 3 is 2.48 bits per heavy atom. The summed E-state index contributed by atoms with van der Waals surface area (Å²) in [7, 11) is 0. The number of amides is 2. The van der Waals surface area contributed by atoms with E-state index in [9.17, 15) is 9.59 Å². The first-order chi connectivity index (χ1) is 14.0. The maximum Gasteiger partial charge on any atom is 0.255 e. The first-order valence-corrected chi connectivity index (χ1v) is 11.0. The fourth-order valence-electron chi connectivity index (χ4n) is 3.26. The number of hydrogen-bond donors (Lipinski definition) is 1. The van der Waals surface area contributed by atoms with Crippen molar-refractivity contribution >= 4 is 50.9 Å². The van der Waals surface area contributed by atoms with Crippen molar-refractivity contribution in [3.8, 4) is 0 Å². The van der Waals surface area contributed by atoms with Crippen LogP contribution in [0, 0.1) is 6.92 Å². The van der Waals surface area contributed by atoms with Gasteiger partial charge < -0.3 is 5.32 Å². The lowest BCUT2D eigenvalue weighted by molar-refractivity contribution is -0.115. The van der Waals surface area contributed by atoms with Gasteiger partial charge in [0, 0.05) is 21.4 Å². The van der Waals surface area contributed by atoms with E-state index in [2.05, 4.69) is 21.2 Å². The zero-order chi connectivity index (χ0) is 20.4. The number of nitrogens with zero attached hydrogens (tertiary/aromatic N) is 1. The fraction of sp³-hybridized carbons (Fsp3) is 0.130. The second-order valence-corrected chi connectivity index (χ2v) is 8.83. The number of carbonyl (C=O) groups is 2. The second kappa shape index (κ2) is 8.43. The lowest BCUT2D eigenvalue weighted by Gasteiger charge is -2.25. The van der Waals surface area contributed by atoms with E-state index in [-0.39, 0.29) is 17.2 Å². The quantitative estimate of drug-likeness (QED) is 0.529. The standard InChI is InChI=1S/C23H19BrN2O2S/c1-15-3-2-4-20(13-15)26-21(27)14-29-23(26)17-7-11-19(12-8-17)25-22(28)16-5-9-18(24)10-6-16/h2-13,23H,14H2,1H3,(H,25,28)/t23-/m1/s1. The summed E-state index contributed by atoms with van der Waals surface area (Å²) in [4.78, 5) is 26.8. The molecule has 1 saturated heterocycles. The molecule has 0 aromatic heterocycles. The summed E-state index contributed by atoms with van der Waals surface area (Å²) >= 11 is 4.98. The van der Waals surface area contributed by atoms with Crippen molar-refractivity contribution < 1.29 is 9.59 Å². The molecule has 0 unspecified atom stereocenters. The Bertz CT molecular complexity index is 1050. The average Bonchev–Trinajstić information content (AvgIpc) is 3.10. The Balaban J connectivity index is 1.51. The predicted molar refractivity (Wildman–Crippen MR) is 122 cm³/mol. The monoisotopic (exact) mass is 466 g/mol. The predicted octanol–water partition coefficient (Wildman–Crippen LogP) is 5.79. The molecule has 0 aliphatic carbocycles. The highest BCUT2D eigenvalue weighted by Gasteiger charge is 2.34. The molecule has 1 fully saturated rings. The minimum Gasteiger partial charge on any atom is -0.322 e. The van der Waals surface area contributed by atoms with Crippen molar-refractivity contribution in [2.45, 2.75) is 12.3 Å². The van der Waals surface area contributed by atoms with Gasteiger partial charge in [0.25, 0.3) is 5.91 Å². The van der Waals surface area contributed by atoms with Crippen molar-refractivity contribution in [2.75, 3.05) is 16.0 Å². The van der Waals surface area contributed by atoms with E-state index < -0.39 is 0 Å². The van der Waals surface area contributed by atoms with Gasteiger partial charge in [-0.3, -0.25) is 14.5 Å². The molecule has 1 aliphatic heterocycles. The molecular weight excluding hydrogens is 448 g/mol. The van der Waals surface area contributed by atoms with Crippen LogP contribution in [0.1, 0.15) is 26.9 Å². The second-order valence-electron chi connectivity index (χ2n) is 6.85. The summed E-state index contributed by atoms with van der Waals surface area (Å²) in [6.45, 7) is 2.02. The maximum absolute atomic E-state index is 12.5. The summed E-state index contributed by atoms with van der Waals surface area (Å²) in [6, 6.07) is 22.9. The third-order valence-electron chi connectivity index (χ3n) is 4.71. The number of halogens is 1. The molecule has 1 heterocycles. The van der Waals surface area contributed by atoms with E-state index in [0.29, 0.717) is 11.3 Å². The number of rotatable bonds is 4. The molecule has 3 aromatic rings. The molecule has 4 rings (SSSR count). The van der Waals surface area contributed by atoms with Crippen molar-refractivity contribution in [1.82, 2.24) is 0 Å². The molecule has 0 saturated carbocycles. The summed E-state index contributed by atoms with van der Waals surface area (Å²) < 4.78 is 0.931. The van der Waals surface area contributed by atoms with Gasteiger partial charge in [-0.25, -0.2) is 0 Å². The number of anilines is 2. The number of thioether (sulfide) groups is 1. The highest BCUT2D eigenvalue weighted by molar-refractivity contribution is 9.10. The van der Waals surface area contributed by atoms with Crippen LogP contribution in [0.5, 0.6) is 0 Å². The van der Waals surface area contributed by atoms with Crippen LogP contribution in [0.15, 0.2) is 77.3 Å². The molecule has 3 aromatic carbocycles. The Morgan fingerprint density at radius 2 is 1.79 bits per heavy atom. The van der Waals surface area contributed by atoms with Crippen molar-refractivity contribution in [2.24, 2.45) is 0 Å². The van der Waals surface area contributed by atoms with Gasteiger partial charge in [0.15, 0.2) is 0 Å². The van der Waals surface area contributed by atoms with Crippen LogP contribution in [-0.4, -0.2) is 17.6 Å². The normalized spacial score (nSPS) is 16.1. The number of hydrogen-bond acceptors (Lipinski definition) is 3. The number of nitrogens with one attached hydrogen (secondary N) is 1. The molecule has 146 valence electrons. The van der Waals surface area contributed by atoms with Crippen LogP contribution in [-0.2, 0) is 4.79 Å². The Hall–Kier alpha value is -2.57. The number of aryl methyl sites for hydroxylation is 1. The van der Waals surface area contributed by atoms with E-state index in [4.69, 9.17) is 0 Å². The summed E-state index contributed by atoms with van der Waals surface area (Å²) in [5.41, 5.74) is 4.39. The average molecular weight is 467 g/mol. The van der Waals surface area contributed by atoms with Crippen LogP contribution < -0.4 is 10.2 Å². The highest BCUT2D eigenvalue weighted by atomic mass is 79.9. The highest BCUT2D eigenvalue weighted by Crippen LogP contribution is 2.42. The fourth-order valence-corrected chi connectivity index (χ4v) is 4.70. The molecule has 2 amide bonds. The van der Waals surface area contributed by atoms with Gasteiger partial charge >= 0.3 is 0 Å². The third kappa shape index (κ3) is 4.38. The zero-order valence-electron chi connectivity index (χ0n) is 15.8. The largest absolute Gasteiger partial charge is 0.322 e. The molecule has 4 nitrogen and oxygen atoms in total.